The Labute approximate surface area is 115 Å². The van der Waals surface area contributed by atoms with Gasteiger partial charge in [-0.1, -0.05) is 34.1 Å². The lowest BCUT2D eigenvalue weighted by Crippen LogP contribution is -2.04. The third kappa shape index (κ3) is 4.08. The molecule has 2 nitrogen and oxygen atoms in total. The van der Waals surface area contributed by atoms with Gasteiger partial charge in [-0.25, -0.2) is 0 Å². The minimum Gasteiger partial charge on any atom is -0.299 e. The molecule has 0 unspecified atom stereocenters. The molecular formula is C15H14BrNO. The molecule has 0 bridgehead atoms. The van der Waals surface area contributed by atoms with Crippen LogP contribution in [0.1, 0.15) is 17.7 Å². The number of rotatable bonds is 5. The van der Waals surface area contributed by atoms with Crippen LogP contribution >= 0.6 is 15.9 Å². The Kier molecular flexibility index (Phi) is 4.65. The van der Waals surface area contributed by atoms with E-state index in [9.17, 15) is 4.79 Å². The molecule has 0 saturated heterocycles. The second kappa shape index (κ2) is 6.45. The summed E-state index contributed by atoms with van der Waals surface area (Å²) >= 11 is 3.38. The number of nitrogens with zero attached hydrogens (tertiary/aromatic N) is 1. The number of Topliss-reactive ketones (excluding diaryl/α,β-unsaturated/α-hetero) is 1. The maximum absolute atomic E-state index is 11.8. The van der Waals surface area contributed by atoms with Gasteiger partial charge in [0, 0.05) is 29.2 Å². The van der Waals surface area contributed by atoms with Crippen LogP contribution in [0.5, 0.6) is 0 Å². The topological polar surface area (TPSA) is 30.0 Å². The van der Waals surface area contributed by atoms with Crippen LogP contribution < -0.4 is 0 Å². The van der Waals surface area contributed by atoms with E-state index in [1.165, 1.54) is 0 Å². The molecule has 0 amide bonds. The molecule has 2 aromatic rings. The van der Waals surface area contributed by atoms with Crippen LogP contribution in [0.15, 0.2) is 53.1 Å². The first-order valence-corrected chi connectivity index (χ1v) is 6.69. The van der Waals surface area contributed by atoms with Crippen LogP contribution in [0.3, 0.4) is 0 Å². The van der Waals surface area contributed by atoms with E-state index in [0.29, 0.717) is 12.8 Å². The van der Waals surface area contributed by atoms with Crippen molar-refractivity contribution in [1.29, 1.82) is 0 Å². The van der Waals surface area contributed by atoms with Gasteiger partial charge < -0.3 is 0 Å². The van der Waals surface area contributed by atoms with Crippen molar-refractivity contribution < 1.29 is 4.79 Å². The predicted octanol–water partition coefficient (Wildman–Crippen LogP) is 3.59. The fraction of sp³-hybridized carbons (Fsp3) is 0.200. The lowest BCUT2D eigenvalue weighted by molar-refractivity contribution is -0.118. The Morgan fingerprint density at radius 3 is 2.56 bits per heavy atom. The molecule has 1 heterocycles. The summed E-state index contributed by atoms with van der Waals surface area (Å²) in [4.78, 5) is 16.0. The minimum atomic E-state index is 0.253. The molecule has 0 atom stereocenters. The van der Waals surface area contributed by atoms with Crippen molar-refractivity contribution in [3.8, 4) is 0 Å². The zero-order valence-electron chi connectivity index (χ0n) is 9.97. The van der Waals surface area contributed by atoms with Crippen molar-refractivity contribution in [3.05, 3.63) is 64.4 Å². The van der Waals surface area contributed by atoms with Gasteiger partial charge in [-0.3, -0.25) is 9.78 Å². The van der Waals surface area contributed by atoms with Gasteiger partial charge in [0.25, 0.3) is 0 Å². The van der Waals surface area contributed by atoms with E-state index in [1.54, 1.807) is 6.20 Å². The minimum absolute atomic E-state index is 0.253. The van der Waals surface area contributed by atoms with Gasteiger partial charge in [0.1, 0.15) is 5.78 Å². The van der Waals surface area contributed by atoms with Gasteiger partial charge in [0.2, 0.25) is 0 Å². The van der Waals surface area contributed by atoms with Crippen molar-refractivity contribution >= 4 is 21.7 Å². The number of ketones is 1. The predicted molar refractivity (Wildman–Crippen MR) is 75.4 cm³/mol. The molecular weight excluding hydrogens is 290 g/mol. The van der Waals surface area contributed by atoms with E-state index in [-0.39, 0.29) is 5.78 Å². The average Bonchev–Trinajstić information content (AvgIpc) is 2.40. The molecule has 18 heavy (non-hydrogen) atoms. The Bertz CT molecular complexity index is 508. The molecule has 0 aliphatic carbocycles. The van der Waals surface area contributed by atoms with Gasteiger partial charge in [-0.2, -0.15) is 0 Å². The Morgan fingerprint density at radius 2 is 1.89 bits per heavy atom. The first-order chi connectivity index (χ1) is 8.74. The number of pyridine rings is 1. The van der Waals surface area contributed by atoms with Crippen LogP contribution in [0, 0.1) is 0 Å². The number of aryl methyl sites for hydroxylation is 1. The molecule has 0 N–H and O–H groups in total. The average molecular weight is 304 g/mol. The van der Waals surface area contributed by atoms with Crippen LogP contribution in [0.2, 0.25) is 0 Å². The first kappa shape index (κ1) is 13.0. The van der Waals surface area contributed by atoms with Gasteiger partial charge in [-0.05, 0) is 36.2 Å². The van der Waals surface area contributed by atoms with Crippen LogP contribution in [0.25, 0.3) is 0 Å². The maximum Gasteiger partial charge on any atom is 0.137 e. The van der Waals surface area contributed by atoms with Crippen molar-refractivity contribution in [2.45, 2.75) is 19.3 Å². The number of hydrogen-bond donors (Lipinski definition) is 0. The zero-order chi connectivity index (χ0) is 12.8. The molecule has 1 aromatic carbocycles. The van der Waals surface area contributed by atoms with Crippen molar-refractivity contribution in [3.63, 3.8) is 0 Å². The fourth-order valence-electron chi connectivity index (χ4n) is 1.73. The van der Waals surface area contributed by atoms with E-state index < -0.39 is 0 Å². The third-order valence-corrected chi connectivity index (χ3v) is 3.23. The van der Waals surface area contributed by atoms with Gasteiger partial charge in [0.15, 0.2) is 0 Å². The smallest absolute Gasteiger partial charge is 0.137 e. The first-order valence-electron chi connectivity index (χ1n) is 5.90. The van der Waals surface area contributed by atoms with E-state index in [2.05, 4.69) is 20.9 Å². The highest BCUT2D eigenvalue weighted by atomic mass is 79.9. The SMILES string of the molecule is O=C(CCc1ccccn1)Cc1ccc(Br)cc1. The Morgan fingerprint density at radius 1 is 1.11 bits per heavy atom. The molecule has 92 valence electrons. The highest BCUT2D eigenvalue weighted by Gasteiger charge is 2.04. The second-order valence-electron chi connectivity index (χ2n) is 4.16. The molecule has 0 aliphatic rings. The van der Waals surface area contributed by atoms with E-state index in [0.717, 1.165) is 22.2 Å². The van der Waals surface area contributed by atoms with Gasteiger partial charge in [-0.15, -0.1) is 0 Å². The molecule has 0 spiro atoms. The number of aromatic nitrogens is 1. The number of hydrogen-bond acceptors (Lipinski definition) is 2. The summed E-state index contributed by atoms with van der Waals surface area (Å²) < 4.78 is 1.03. The zero-order valence-corrected chi connectivity index (χ0v) is 11.6. The summed E-state index contributed by atoms with van der Waals surface area (Å²) in [5.74, 6) is 0.253. The number of carbonyl (C=O) groups is 1. The highest BCUT2D eigenvalue weighted by molar-refractivity contribution is 9.10. The molecule has 0 saturated carbocycles. The molecule has 0 aliphatic heterocycles. The Balaban J connectivity index is 1.84. The van der Waals surface area contributed by atoms with Crippen molar-refractivity contribution in [2.75, 3.05) is 0 Å². The van der Waals surface area contributed by atoms with Crippen LogP contribution in [-0.4, -0.2) is 10.8 Å². The summed E-state index contributed by atoms with van der Waals surface area (Å²) in [6, 6.07) is 13.6. The number of halogens is 1. The van der Waals surface area contributed by atoms with E-state index in [4.69, 9.17) is 0 Å². The normalized spacial score (nSPS) is 10.3. The molecule has 3 heteroatoms. The standard InChI is InChI=1S/C15H14BrNO/c16-13-6-4-12(5-7-13)11-15(18)9-8-14-3-1-2-10-17-14/h1-7,10H,8-9,11H2. The van der Waals surface area contributed by atoms with Crippen molar-refractivity contribution in [2.24, 2.45) is 0 Å². The third-order valence-electron chi connectivity index (χ3n) is 2.70. The molecule has 1 aromatic heterocycles. The van der Waals surface area contributed by atoms with Crippen LogP contribution in [-0.2, 0) is 17.6 Å². The summed E-state index contributed by atoms with van der Waals surface area (Å²) in [6.07, 6.45) is 3.53. The second-order valence-corrected chi connectivity index (χ2v) is 5.08. The summed E-state index contributed by atoms with van der Waals surface area (Å²) in [5, 5.41) is 0. The highest BCUT2D eigenvalue weighted by Crippen LogP contribution is 2.12. The lowest BCUT2D eigenvalue weighted by Gasteiger charge is -2.02. The van der Waals surface area contributed by atoms with Crippen LogP contribution in [0.4, 0.5) is 0 Å². The summed E-state index contributed by atoms with van der Waals surface area (Å²) in [6.45, 7) is 0. The lowest BCUT2D eigenvalue weighted by atomic mass is 10.0. The van der Waals surface area contributed by atoms with E-state index in [1.807, 2.05) is 42.5 Å². The van der Waals surface area contributed by atoms with E-state index >= 15 is 0 Å². The number of benzene rings is 1. The maximum atomic E-state index is 11.8. The number of carbonyl (C=O) groups excluding carboxylic acids is 1. The fourth-order valence-corrected chi connectivity index (χ4v) is 2.00. The summed E-state index contributed by atoms with van der Waals surface area (Å²) in [5.41, 5.74) is 2.03. The monoisotopic (exact) mass is 303 g/mol. The molecule has 0 fully saturated rings. The molecule has 2 rings (SSSR count). The van der Waals surface area contributed by atoms with Crippen molar-refractivity contribution in [1.82, 2.24) is 4.98 Å². The molecule has 0 radical (unpaired) electrons. The largest absolute Gasteiger partial charge is 0.299 e. The Hall–Kier alpha value is -1.48. The summed E-state index contributed by atoms with van der Waals surface area (Å²) in [7, 11) is 0. The van der Waals surface area contributed by atoms with Gasteiger partial charge >= 0.3 is 0 Å². The van der Waals surface area contributed by atoms with Gasteiger partial charge in [0.05, 0.1) is 0 Å². The quantitative estimate of drug-likeness (QED) is 0.845.